The molecule has 1 amide bonds. The maximum absolute atomic E-state index is 12.4. The van der Waals surface area contributed by atoms with Gasteiger partial charge >= 0.3 is 0 Å². The summed E-state index contributed by atoms with van der Waals surface area (Å²) in [5, 5.41) is 4.24. The maximum Gasteiger partial charge on any atom is 0.261 e. The van der Waals surface area contributed by atoms with E-state index >= 15 is 0 Å². The maximum atomic E-state index is 12.4. The van der Waals surface area contributed by atoms with Crippen LogP contribution in [0.2, 0.25) is 10.0 Å². The van der Waals surface area contributed by atoms with Gasteiger partial charge in [0.05, 0.1) is 7.11 Å². The van der Waals surface area contributed by atoms with Crippen molar-refractivity contribution in [2.45, 2.75) is 25.2 Å². The second kappa shape index (κ2) is 11.3. The van der Waals surface area contributed by atoms with Crippen LogP contribution in [0.5, 0.6) is 11.5 Å². The van der Waals surface area contributed by atoms with Crippen molar-refractivity contribution in [3.05, 3.63) is 58.1 Å². The summed E-state index contributed by atoms with van der Waals surface area (Å²) in [4.78, 5) is 12.4. The molecule has 1 N–H and O–H groups in total. The van der Waals surface area contributed by atoms with Crippen molar-refractivity contribution in [3.8, 4) is 11.5 Å². The molecule has 0 aliphatic rings. The normalized spacial score (nSPS) is 11.7. The molecule has 2 rings (SSSR count). The topological polar surface area (TPSA) is 47.6 Å². The molecule has 0 bridgehead atoms. The van der Waals surface area contributed by atoms with E-state index < -0.39 is 6.10 Å². The molecule has 27 heavy (non-hydrogen) atoms. The summed E-state index contributed by atoms with van der Waals surface area (Å²) >= 11 is 14.0. The van der Waals surface area contributed by atoms with Crippen LogP contribution in [0.25, 0.3) is 0 Å². The number of hydrogen-bond acceptors (Lipinski definition) is 4. The first kappa shape index (κ1) is 21.7. The molecule has 1 unspecified atom stereocenters. The molecule has 0 aliphatic carbocycles. The van der Waals surface area contributed by atoms with Crippen molar-refractivity contribution >= 4 is 40.9 Å². The van der Waals surface area contributed by atoms with E-state index in [4.69, 9.17) is 32.7 Å². The van der Waals surface area contributed by atoms with E-state index in [-0.39, 0.29) is 5.91 Å². The number of hydrogen-bond donors (Lipinski definition) is 1. The lowest BCUT2D eigenvalue weighted by atomic mass is 10.2. The molecule has 146 valence electrons. The Hall–Kier alpha value is -1.56. The average molecular weight is 428 g/mol. The molecule has 0 radical (unpaired) electrons. The summed E-state index contributed by atoms with van der Waals surface area (Å²) < 4.78 is 11.0. The zero-order valence-corrected chi connectivity index (χ0v) is 17.7. The Morgan fingerprint density at radius 1 is 1.15 bits per heavy atom. The molecule has 2 aromatic rings. The summed E-state index contributed by atoms with van der Waals surface area (Å²) in [6, 6.07) is 12.7. The highest BCUT2D eigenvalue weighted by Gasteiger charge is 2.18. The van der Waals surface area contributed by atoms with Crippen LogP contribution in [0.15, 0.2) is 42.5 Å². The molecule has 0 saturated carbocycles. The fraction of sp³-hybridized carbons (Fsp3) is 0.350. The highest BCUT2D eigenvalue weighted by Crippen LogP contribution is 2.28. The highest BCUT2D eigenvalue weighted by atomic mass is 35.5. The molecular formula is C20H23Cl2NO3S. The largest absolute Gasteiger partial charge is 0.497 e. The number of benzene rings is 2. The van der Waals surface area contributed by atoms with Gasteiger partial charge in [0.15, 0.2) is 6.10 Å². The molecule has 7 heteroatoms. The van der Waals surface area contributed by atoms with Gasteiger partial charge in [-0.3, -0.25) is 4.79 Å². The lowest BCUT2D eigenvalue weighted by molar-refractivity contribution is -0.127. The fourth-order valence-electron chi connectivity index (χ4n) is 2.37. The van der Waals surface area contributed by atoms with Crippen molar-refractivity contribution < 1.29 is 14.3 Å². The second-order valence-electron chi connectivity index (χ2n) is 5.74. The molecule has 0 aromatic heterocycles. The molecule has 2 aromatic carbocycles. The standard InChI is InChI=1S/C20H23Cl2NO3S/c1-3-19(26-15-7-4-6-14(12-15)25-2)20(24)23-10-11-27-13-16-17(21)8-5-9-18(16)22/h4-9,12,19H,3,10-11,13H2,1-2H3,(H,23,24). The van der Waals surface area contributed by atoms with Crippen LogP contribution in [-0.4, -0.2) is 31.4 Å². The number of methoxy groups -OCH3 is 1. The summed E-state index contributed by atoms with van der Waals surface area (Å²) in [5.41, 5.74) is 0.921. The Morgan fingerprint density at radius 3 is 2.48 bits per heavy atom. The zero-order valence-electron chi connectivity index (χ0n) is 15.3. The molecule has 0 heterocycles. The van der Waals surface area contributed by atoms with Crippen LogP contribution in [0, 0.1) is 0 Å². The molecule has 0 spiro atoms. The summed E-state index contributed by atoms with van der Waals surface area (Å²) in [5.74, 6) is 2.63. The molecule has 4 nitrogen and oxygen atoms in total. The summed E-state index contributed by atoms with van der Waals surface area (Å²) in [6.07, 6.45) is 0.0333. The number of halogens is 2. The smallest absolute Gasteiger partial charge is 0.261 e. The van der Waals surface area contributed by atoms with Gasteiger partial charge in [-0.1, -0.05) is 42.3 Å². The first-order chi connectivity index (χ1) is 13.0. The SMILES string of the molecule is CCC(Oc1cccc(OC)c1)C(=O)NCCSCc1c(Cl)cccc1Cl. The number of amides is 1. The van der Waals surface area contributed by atoms with Gasteiger partial charge in [-0.25, -0.2) is 0 Å². The van der Waals surface area contributed by atoms with E-state index in [0.717, 1.165) is 11.3 Å². The fourth-order valence-corrected chi connectivity index (χ4v) is 3.96. The van der Waals surface area contributed by atoms with Crippen LogP contribution in [0.1, 0.15) is 18.9 Å². The monoisotopic (exact) mass is 427 g/mol. The van der Waals surface area contributed by atoms with Crippen molar-refractivity contribution in [2.24, 2.45) is 0 Å². The molecule has 0 fully saturated rings. The van der Waals surface area contributed by atoms with Crippen molar-refractivity contribution in [1.29, 1.82) is 0 Å². The van der Waals surface area contributed by atoms with E-state index in [1.807, 2.05) is 43.3 Å². The van der Waals surface area contributed by atoms with Gasteiger partial charge in [-0.15, -0.1) is 0 Å². The van der Waals surface area contributed by atoms with Crippen LogP contribution in [-0.2, 0) is 10.5 Å². The Morgan fingerprint density at radius 2 is 1.81 bits per heavy atom. The number of ether oxygens (including phenoxy) is 2. The van der Waals surface area contributed by atoms with E-state index in [1.165, 1.54) is 0 Å². The van der Waals surface area contributed by atoms with Crippen molar-refractivity contribution in [2.75, 3.05) is 19.4 Å². The summed E-state index contributed by atoms with van der Waals surface area (Å²) in [6.45, 7) is 2.46. The van der Waals surface area contributed by atoms with Gasteiger partial charge in [-0.2, -0.15) is 11.8 Å². The molecule has 0 aliphatic heterocycles. The Labute approximate surface area is 174 Å². The highest BCUT2D eigenvalue weighted by molar-refractivity contribution is 7.98. The number of thioether (sulfide) groups is 1. The average Bonchev–Trinajstić information content (AvgIpc) is 2.67. The lowest BCUT2D eigenvalue weighted by Gasteiger charge is -2.17. The first-order valence-electron chi connectivity index (χ1n) is 8.64. The first-order valence-corrected chi connectivity index (χ1v) is 10.5. The van der Waals surface area contributed by atoms with Gasteiger partial charge in [-0.05, 0) is 36.2 Å². The predicted molar refractivity (Wildman–Crippen MR) is 113 cm³/mol. The third kappa shape index (κ3) is 6.83. The number of carbonyl (C=O) groups excluding carboxylic acids is 1. The molecular weight excluding hydrogens is 405 g/mol. The second-order valence-corrected chi connectivity index (χ2v) is 7.66. The van der Waals surface area contributed by atoms with Gasteiger partial charge in [0.1, 0.15) is 11.5 Å². The van der Waals surface area contributed by atoms with Crippen LogP contribution in [0.4, 0.5) is 0 Å². The predicted octanol–water partition coefficient (Wildman–Crippen LogP) is 5.21. The Kier molecular flexibility index (Phi) is 9.11. The third-order valence-corrected chi connectivity index (χ3v) is 5.53. The van der Waals surface area contributed by atoms with Gasteiger partial charge in [0.25, 0.3) is 5.91 Å². The summed E-state index contributed by atoms with van der Waals surface area (Å²) in [7, 11) is 1.59. The molecule has 0 saturated heterocycles. The van der Waals surface area contributed by atoms with Crippen molar-refractivity contribution in [3.63, 3.8) is 0 Å². The minimum absolute atomic E-state index is 0.128. The molecule has 1 atom stereocenters. The van der Waals surface area contributed by atoms with Crippen LogP contribution >= 0.6 is 35.0 Å². The minimum atomic E-state index is -0.542. The van der Waals surface area contributed by atoms with Gasteiger partial charge in [0.2, 0.25) is 0 Å². The van der Waals surface area contributed by atoms with Crippen molar-refractivity contribution in [1.82, 2.24) is 5.32 Å². The van der Waals surface area contributed by atoms with E-state index in [9.17, 15) is 4.79 Å². The Bertz CT molecular complexity index is 738. The van der Waals surface area contributed by atoms with E-state index in [2.05, 4.69) is 5.32 Å². The quantitative estimate of drug-likeness (QED) is 0.528. The van der Waals surface area contributed by atoms with Crippen LogP contribution in [0.3, 0.4) is 0 Å². The van der Waals surface area contributed by atoms with Gasteiger partial charge in [0, 0.05) is 34.2 Å². The third-order valence-electron chi connectivity index (χ3n) is 3.84. The minimum Gasteiger partial charge on any atom is -0.497 e. The number of nitrogens with one attached hydrogen (secondary N) is 1. The van der Waals surface area contributed by atoms with Crippen LogP contribution < -0.4 is 14.8 Å². The number of carbonyl (C=O) groups is 1. The number of rotatable bonds is 10. The lowest BCUT2D eigenvalue weighted by Crippen LogP contribution is -2.39. The van der Waals surface area contributed by atoms with E-state index in [0.29, 0.717) is 40.3 Å². The zero-order chi connectivity index (χ0) is 19.6. The van der Waals surface area contributed by atoms with E-state index in [1.54, 1.807) is 24.9 Å². The Balaban J connectivity index is 1.76. The van der Waals surface area contributed by atoms with Gasteiger partial charge < -0.3 is 14.8 Å².